The summed E-state index contributed by atoms with van der Waals surface area (Å²) in [7, 11) is 1.64. The highest BCUT2D eigenvalue weighted by Crippen LogP contribution is 2.40. The minimum Gasteiger partial charge on any atom is -0.497 e. The van der Waals surface area contributed by atoms with Gasteiger partial charge < -0.3 is 14.7 Å². The molecule has 1 saturated heterocycles. The van der Waals surface area contributed by atoms with Crippen molar-refractivity contribution in [2.45, 2.75) is 12.5 Å². The van der Waals surface area contributed by atoms with Crippen LogP contribution in [-0.2, 0) is 4.79 Å². The molecule has 1 N–H and O–H groups in total. The Balaban J connectivity index is 1.96. The van der Waals surface area contributed by atoms with Crippen molar-refractivity contribution in [1.82, 2.24) is 0 Å². The highest BCUT2D eigenvalue weighted by atomic mass is 16.5. The molecule has 0 aliphatic carbocycles. The molecule has 22 heavy (non-hydrogen) atoms. The number of anilines is 1. The number of hydrogen-bond donors (Lipinski definition) is 1. The van der Waals surface area contributed by atoms with Crippen molar-refractivity contribution in [3.63, 3.8) is 0 Å². The van der Waals surface area contributed by atoms with Gasteiger partial charge in [0.25, 0.3) is 0 Å². The van der Waals surface area contributed by atoms with Gasteiger partial charge in [-0.3, -0.25) is 4.79 Å². The maximum Gasteiger partial charge on any atom is 0.309 e. The number of nitrogens with zero attached hydrogens (tertiary/aromatic N) is 1. The lowest BCUT2D eigenvalue weighted by Crippen LogP contribution is -2.28. The van der Waals surface area contributed by atoms with E-state index in [1.165, 1.54) is 0 Å². The van der Waals surface area contributed by atoms with E-state index in [1.54, 1.807) is 7.11 Å². The number of benzene rings is 2. The lowest BCUT2D eigenvalue weighted by atomic mass is 9.93. The standard InChI is InChI=1S/C18H19NO3/c1-22-15-9-7-14(8-10-15)19-12-11-16(18(20)21)17(19)13-5-3-2-4-6-13/h2-10,16-17H,11-12H2,1H3,(H,20,21). The highest BCUT2D eigenvalue weighted by Gasteiger charge is 2.39. The van der Waals surface area contributed by atoms with Crippen molar-refractivity contribution in [3.05, 3.63) is 60.2 Å². The molecule has 2 unspecified atom stereocenters. The average molecular weight is 297 g/mol. The first-order valence-electron chi connectivity index (χ1n) is 7.39. The van der Waals surface area contributed by atoms with E-state index in [0.717, 1.165) is 23.5 Å². The lowest BCUT2D eigenvalue weighted by molar-refractivity contribution is -0.141. The lowest BCUT2D eigenvalue weighted by Gasteiger charge is -2.29. The number of carboxylic acids is 1. The summed E-state index contributed by atoms with van der Waals surface area (Å²) in [5.41, 5.74) is 2.07. The van der Waals surface area contributed by atoms with Crippen molar-refractivity contribution >= 4 is 11.7 Å². The first kappa shape index (κ1) is 14.4. The van der Waals surface area contributed by atoms with Gasteiger partial charge in [-0.05, 0) is 36.2 Å². The number of hydrogen-bond acceptors (Lipinski definition) is 3. The molecule has 4 nitrogen and oxygen atoms in total. The van der Waals surface area contributed by atoms with Gasteiger partial charge in [0.2, 0.25) is 0 Å². The summed E-state index contributed by atoms with van der Waals surface area (Å²) in [6.45, 7) is 0.739. The van der Waals surface area contributed by atoms with Crippen LogP contribution in [0.3, 0.4) is 0 Å². The Bertz CT molecular complexity index is 639. The van der Waals surface area contributed by atoms with Gasteiger partial charge in [0.15, 0.2) is 0 Å². The van der Waals surface area contributed by atoms with Crippen LogP contribution in [0.1, 0.15) is 18.0 Å². The van der Waals surface area contributed by atoms with Gasteiger partial charge in [-0.1, -0.05) is 30.3 Å². The van der Waals surface area contributed by atoms with Crippen LogP contribution in [-0.4, -0.2) is 24.7 Å². The Kier molecular flexibility index (Phi) is 4.00. The van der Waals surface area contributed by atoms with Gasteiger partial charge in [0.1, 0.15) is 5.75 Å². The molecule has 0 amide bonds. The van der Waals surface area contributed by atoms with Crippen molar-refractivity contribution in [1.29, 1.82) is 0 Å². The number of carbonyl (C=O) groups is 1. The zero-order valence-corrected chi connectivity index (χ0v) is 12.5. The molecule has 0 bridgehead atoms. The van der Waals surface area contributed by atoms with E-state index in [1.807, 2.05) is 54.6 Å². The molecule has 0 aromatic heterocycles. The molecule has 3 rings (SSSR count). The smallest absolute Gasteiger partial charge is 0.309 e. The van der Waals surface area contributed by atoms with Crippen LogP contribution in [0.4, 0.5) is 5.69 Å². The summed E-state index contributed by atoms with van der Waals surface area (Å²) >= 11 is 0. The second kappa shape index (κ2) is 6.10. The van der Waals surface area contributed by atoms with Gasteiger partial charge in [-0.15, -0.1) is 0 Å². The fourth-order valence-electron chi connectivity index (χ4n) is 3.18. The predicted molar refractivity (Wildman–Crippen MR) is 85.3 cm³/mol. The quantitative estimate of drug-likeness (QED) is 0.940. The second-order valence-corrected chi connectivity index (χ2v) is 5.48. The van der Waals surface area contributed by atoms with Crippen molar-refractivity contribution < 1.29 is 14.6 Å². The highest BCUT2D eigenvalue weighted by molar-refractivity contribution is 5.74. The number of aliphatic carboxylic acids is 1. The van der Waals surface area contributed by atoms with Gasteiger partial charge >= 0.3 is 5.97 Å². The molecule has 0 radical (unpaired) electrons. The summed E-state index contributed by atoms with van der Waals surface area (Å²) < 4.78 is 5.19. The summed E-state index contributed by atoms with van der Waals surface area (Å²) in [5.74, 6) is -0.316. The summed E-state index contributed by atoms with van der Waals surface area (Å²) in [4.78, 5) is 13.8. The van der Waals surface area contributed by atoms with Crippen molar-refractivity contribution in [3.8, 4) is 5.75 Å². The van der Waals surface area contributed by atoms with E-state index in [2.05, 4.69) is 4.90 Å². The maximum atomic E-state index is 11.6. The maximum absolute atomic E-state index is 11.6. The van der Waals surface area contributed by atoms with Crippen LogP contribution in [0.15, 0.2) is 54.6 Å². The van der Waals surface area contributed by atoms with Crippen LogP contribution < -0.4 is 9.64 Å². The molecular weight excluding hydrogens is 278 g/mol. The third kappa shape index (κ3) is 2.64. The molecule has 1 aliphatic heterocycles. The number of ether oxygens (including phenoxy) is 1. The molecule has 114 valence electrons. The molecule has 1 fully saturated rings. The molecule has 1 heterocycles. The monoisotopic (exact) mass is 297 g/mol. The predicted octanol–water partition coefficient (Wildman–Crippen LogP) is 3.35. The van der Waals surface area contributed by atoms with E-state index in [0.29, 0.717) is 6.42 Å². The minimum atomic E-state index is -0.732. The van der Waals surface area contributed by atoms with Gasteiger partial charge in [0, 0.05) is 12.2 Å². The largest absolute Gasteiger partial charge is 0.497 e. The van der Waals surface area contributed by atoms with E-state index in [4.69, 9.17) is 4.74 Å². The Labute approximate surface area is 130 Å². The Hall–Kier alpha value is -2.49. The fraction of sp³-hybridized carbons (Fsp3) is 0.278. The zero-order valence-electron chi connectivity index (χ0n) is 12.5. The molecule has 4 heteroatoms. The second-order valence-electron chi connectivity index (χ2n) is 5.48. The average Bonchev–Trinajstić information content (AvgIpc) is 3.01. The minimum absolute atomic E-state index is 0.132. The third-order valence-electron chi connectivity index (χ3n) is 4.26. The van der Waals surface area contributed by atoms with Gasteiger partial charge in [-0.25, -0.2) is 0 Å². The number of carboxylic acid groups (broad SMARTS) is 1. The number of rotatable bonds is 4. The van der Waals surface area contributed by atoms with E-state index in [9.17, 15) is 9.90 Å². The summed E-state index contributed by atoms with van der Waals surface area (Å²) in [5, 5.41) is 9.55. The third-order valence-corrected chi connectivity index (χ3v) is 4.26. The molecule has 2 aromatic rings. The van der Waals surface area contributed by atoms with Crippen molar-refractivity contribution in [2.24, 2.45) is 5.92 Å². The van der Waals surface area contributed by atoms with Gasteiger partial charge in [-0.2, -0.15) is 0 Å². The van der Waals surface area contributed by atoms with E-state index < -0.39 is 5.97 Å². The summed E-state index contributed by atoms with van der Waals surface area (Å²) in [6.07, 6.45) is 0.654. The first-order valence-corrected chi connectivity index (χ1v) is 7.39. The Morgan fingerprint density at radius 1 is 1.14 bits per heavy atom. The first-order chi connectivity index (χ1) is 10.7. The topological polar surface area (TPSA) is 49.8 Å². The zero-order chi connectivity index (χ0) is 15.5. The van der Waals surface area contributed by atoms with Crippen LogP contribution in [0.2, 0.25) is 0 Å². The van der Waals surface area contributed by atoms with Crippen LogP contribution in [0, 0.1) is 5.92 Å². The summed E-state index contributed by atoms with van der Waals surface area (Å²) in [6, 6.07) is 17.5. The normalized spacial score (nSPS) is 20.9. The van der Waals surface area contributed by atoms with Crippen LogP contribution in [0.25, 0.3) is 0 Å². The SMILES string of the molecule is COc1ccc(N2CCC(C(=O)O)C2c2ccccc2)cc1. The molecule has 1 aliphatic rings. The van der Waals surface area contributed by atoms with Crippen LogP contribution in [0.5, 0.6) is 5.75 Å². The van der Waals surface area contributed by atoms with Gasteiger partial charge in [0.05, 0.1) is 19.1 Å². The number of methoxy groups -OCH3 is 1. The van der Waals surface area contributed by atoms with Crippen molar-refractivity contribution in [2.75, 3.05) is 18.6 Å². The van der Waals surface area contributed by atoms with E-state index in [-0.39, 0.29) is 12.0 Å². The Morgan fingerprint density at radius 3 is 2.41 bits per heavy atom. The fourth-order valence-corrected chi connectivity index (χ4v) is 3.18. The molecule has 0 saturated carbocycles. The van der Waals surface area contributed by atoms with Crippen LogP contribution >= 0.6 is 0 Å². The molecule has 2 aromatic carbocycles. The molecule has 2 atom stereocenters. The molecule has 0 spiro atoms. The Morgan fingerprint density at radius 2 is 1.82 bits per heavy atom. The molecular formula is C18H19NO3. The van der Waals surface area contributed by atoms with E-state index >= 15 is 0 Å².